The van der Waals surface area contributed by atoms with E-state index in [1.54, 1.807) is 0 Å². The first-order valence-corrected chi connectivity index (χ1v) is 11.7. The maximum atomic E-state index is 13.1. The minimum Gasteiger partial charge on any atom is -0.369 e. The SMILES string of the molecule is CC1(C)C2CC[C@@]1(C)C(=O)N(CCCCN1CCN(c3cccc(Cl)c3)CC1)C2. The monoisotopic (exact) mass is 417 g/mol. The fourth-order valence-electron chi connectivity index (χ4n) is 5.73. The molecule has 2 bridgehead atoms. The van der Waals surface area contributed by atoms with Gasteiger partial charge in [-0.3, -0.25) is 9.69 Å². The third-order valence-corrected chi connectivity index (χ3v) is 8.57. The highest BCUT2D eigenvalue weighted by Crippen LogP contribution is 2.59. The van der Waals surface area contributed by atoms with Crippen LogP contribution in [0, 0.1) is 16.7 Å². The Morgan fingerprint density at radius 3 is 2.52 bits per heavy atom. The van der Waals surface area contributed by atoms with Gasteiger partial charge in [-0.1, -0.05) is 38.4 Å². The van der Waals surface area contributed by atoms with Gasteiger partial charge in [0.25, 0.3) is 0 Å². The van der Waals surface area contributed by atoms with Gasteiger partial charge in [0.05, 0.1) is 5.41 Å². The van der Waals surface area contributed by atoms with Gasteiger partial charge in [0.15, 0.2) is 0 Å². The van der Waals surface area contributed by atoms with Crippen molar-refractivity contribution in [2.45, 2.75) is 46.5 Å². The molecule has 0 N–H and O–H groups in total. The molecule has 0 aromatic heterocycles. The average Bonchev–Trinajstić information content (AvgIpc) is 2.84. The van der Waals surface area contributed by atoms with Gasteiger partial charge in [0.1, 0.15) is 0 Å². The third-order valence-electron chi connectivity index (χ3n) is 8.33. The van der Waals surface area contributed by atoms with Crippen LogP contribution in [0.1, 0.15) is 46.5 Å². The first kappa shape index (κ1) is 21.0. The number of hydrogen-bond donors (Lipinski definition) is 0. The minimum atomic E-state index is -0.146. The number of piperidine rings is 1. The molecule has 29 heavy (non-hydrogen) atoms. The highest BCUT2D eigenvalue weighted by molar-refractivity contribution is 6.30. The highest BCUT2D eigenvalue weighted by atomic mass is 35.5. The molecular weight excluding hydrogens is 382 g/mol. The normalized spacial score (nSPS) is 29.5. The highest BCUT2D eigenvalue weighted by Gasteiger charge is 2.60. The smallest absolute Gasteiger partial charge is 0.229 e. The Morgan fingerprint density at radius 2 is 1.79 bits per heavy atom. The van der Waals surface area contributed by atoms with Crippen molar-refractivity contribution in [3.63, 3.8) is 0 Å². The van der Waals surface area contributed by atoms with E-state index in [-0.39, 0.29) is 10.8 Å². The maximum Gasteiger partial charge on any atom is 0.229 e. The van der Waals surface area contributed by atoms with E-state index in [9.17, 15) is 4.79 Å². The van der Waals surface area contributed by atoms with Crippen molar-refractivity contribution >= 4 is 23.2 Å². The quantitative estimate of drug-likeness (QED) is 0.636. The predicted octanol–water partition coefficient (Wildman–Crippen LogP) is 4.53. The first-order chi connectivity index (χ1) is 13.8. The number of hydrogen-bond acceptors (Lipinski definition) is 3. The summed E-state index contributed by atoms with van der Waals surface area (Å²) in [7, 11) is 0. The van der Waals surface area contributed by atoms with E-state index in [2.05, 4.69) is 47.6 Å². The van der Waals surface area contributed by atoms with Crippen molar-refractivity contribution in [2.75, 3.05) is 50.7 Å². The lowest BCUT2D eigenvalue weighted by atomic mass is 9.62. The van der Waals surface area contributed by atoms with E-state index in [1.165, 1.54) is 18.5 Å². The van der Waals surface area contributed by atoms with Crippen LogP contribution in [0.4, 0.5) is 5.69 Å². The van der Waals surface area contributed by atoms with Crippen molar-refractivity contribution in [3.8, 4) is 0 Å². The molecule has 1 aromatic carbocycles. The van der Waals surface area contributed by atoms with Gasteiger partial charge in [-0.05, 0) is 61.8 Å². The van der Waals surface area contributed by atoms with Crippen LogP contribution in [-0.4, -0.2) is 61.5 Å². The molecule has 2 saturated heterocycles. The molecule has 3 aliphatic rings. The van der Waals surface area contributed by atoms with Crippen LogP contribution < -0.4 is 4.90 Å². The lowest BCUT2D eigenvalue weighted by Gasteiger charge is -2.49. The molecule has 1 aromatic rings. The van der Waals surface area contributed by atoms with E-state index in [4.69, 9.17) is 11.6 Å². The Hall–Kier alpha value is -1.26. The second-order valence-electron chi connectivity index (χ2n) is 10.1. The molecule has 3 fully saturated rings. The Labute approximate surface area is 181 Å². The van der Waals surface area contributed by atoms with E-state index in [1.807, 2.05) is 12.1 Å². The van der Waals surface area contributed by atoms with Crippen LogP contribution in [0.2, 0.25) is 5.02 Å². The van der Waals surface area contributed by atoms with Gasteiger partial charge >= 0.3 is 0 Å². The number of likely N-dealkylation sites (tertiary alicyclic amines) is 1. The van der Waals surface area contributed by atoms with Gasteiger partial charge in [-0.25, -0.2) is 0 Å². The minimum absolute atomic E-state index is 0.146. The van der Waals surface area contributed by atoms with Crippen LogP contribution in [0.5, 0.6) is 0 Å². The largest absolute Gasteiger partial charge is 0.369 e. The summed E-state index contributed by atoms with van der Waals surface area (Å²) in [5.41, 5.74) is 1.24. The lowest BCUT2D eigenvalue weighted by Crippen LogP contribution is -2.56. The van der Waals surface area contributed by atoms with Crippen LogP contribution in [-0.2, 0) is 4.79 Å². The number of benzene rings is 1. The second-order valence-corrected chi connectivity index (χ2v) is 10.5. The van der Waals surface area contributed by atoms with Crippen molar-refractivity contribution in [3.05, 3.63) is 29.3 Å². The zero-order valence-corrected chi connectivity index (χ0v) is 19.0. The number of unbranched alkanes of at least 4 members (excludes halogenated alkanes) is 1. The fraction of sp³-hybridized carbons (Fsp3) is 0.708. The van der Waals surface area contributed by atoms with E-state index < -0.39 is 0 Å². The van der Waals surface area contributed by atoms with Crippen LogP contribution in [0.15, 0.2) is 24.3 Å². The summed E-state index contributed by atoms with van der Waals surface area (Å²) in [4.78, 5) is 20.3. The topological polar surface area (TPSA) is 26.8 Å². The molecule has 4 nitrogen and oxygen atoms in total. The molecule has 1 unspecified atom stereocenters. The van der Waals surface area contributed by atoms with Crippen molar-refractivity contribution in [2.24, 2.45) is 16.7 Å². The number of piperazine rings is 1. The summed E-state index contributed by atoms with van der Waals surface area (Å²) >= 11 is 6.13. The number of fused-ring (bicyclic) bond motifs is 2. The average molecular weight is 418 g/mol. The Balaban J connectivity index is 1.19. The number of rotatable bonds is 6. The molecular formula is C24H36ClN3O. The summed E-state index contributed by atoms with van der Waals surface area (Å²) in [6.45, 7) is 14.2. The van der Waals surface area contributed by atoms with Gasteiger partial charge in [0.2, 0.25) is 5.91 Å². The van der Waals surface area contributed by atoms with Gasteiger partial charge in [-0.15, -0.1) is 0 Å². The number of nitrogens with zero attached hydrogens (tertiary/aromatic N) is 3. The molecule has 1 saturated carbocycles. The standard InChI is InChI=1S/C24H36ClN3O/c1-23(2)19-9-10-24(23,3)22(29)28(18-19)12-5-4-11-26-13-15-27(16-14-26)21-8-6-7-20(25)17-21/h6-8,17,19H,4-5,9-16,18H2,1-3H3/t19?,24-/m0/s1. The number of anilines is 1. The summed E-state index contributed by atoms with van der Waals surface area (Å²) in [5.74, 6) is 1.08. The molecule has 2 atom stereocenters. The van der Waals surface area contributed by atoms with Crippen molar-refractivity contribution in [1.82, 2.24) is 9.80 Å². The van der Waals surface area contributed by atoms with Gasteiger partial charge in [0, 0.05) is 50.0 Å². The van der Waals surface area contributed by atoms with Gasteiger partial charge < -0.3 is 9.80 Å². The number of amides is 1. The van der Waals surface area contributed by atoms with E-state index >= 15 is 0 Å². The van der Waals surface area contributed by atoms with Crippen molar-refractivity contribution < 1.29 is 4.79 Å². The van der Waals surface area contributed by atoms with Gasteiger partial charge in [-0.2, -0.15) is 0 Å². The second kappa shape index (κ2) is 8.11. The number of carbonyl (C=O) groups is 1. The lowest BCUT2D eigenvalue weighted by molar-refractivity contribution is -0.155. The Morgan fingerprint density at radius 1 is 1.07 bits per heavy atom. The van der Waals surface area contributed by atoms with E-state index in [0.29, 0.717) is 11.8 Å². The molecule has 2 aliphatic heterocycles. The molecule has 160 valence electrons. The Kier molecular flexibility index (Phi) is 5.87. The Bertz CT molecular complexity index is 743. The summed E-state index contributed by atoms with van der Waals surface area (Å²) in [6.07, 6.45) is 4.56. The van der Waals surface area contributed by atoms with E-state index in [0.717, 1.165) is 63.7 Å². The molecule has 5 heteroatoms. The van der Waals surface area contributed by atoms with Crippen LogP contribution >= 0.6 is 11.6 Å². The first-order valence-electron chi connectivity index (χ1n) is 11.3. The van der Waals surface area contributed by atoms with Crippen LogP contribution in [0.3, 0.4) is 0 Å². The van der Waals surface area contributed by atoms with Crippen molar-refractivity contribution in [1.29, 1.82) is 0 Å². The summed E-state index contributed by atoms with van der Waals surface area (Å²) in [5, 5.41) is 0.808. The molecule has 0 spiro atoms. The molecule has 1 amide bonds. The number of carbonyl (C=O) groups excluding carboxylic acids is 1. The summed E-state index contributed by atoms with van der Waals surface area (Å²) < 4.78 is 0. The third kappa shape index (κ3) is 3.90. The van der Waals surface area contributed by atoms with Crippen LogP contribution in [0.25, 0.3) is 0 Å². The summed E-state index contributed by atoms with van der Waals surface area (Å²) in [6, 6.07) is 8.16. The zero-order valence-electron chi connectivity index (χ0n) is 18.3. The molecule has 0 radical (unpaired) electrons. The zero-order chi connectivity index (χ0) is 20.6. The predicted molar refractivity (Wildman–Crippen MR) is 121 cm³/mol. The maximum absolute atomic E-state index is 13.1. The fourth-order valence-corrected chi connectivity index (χ4v) is 5.91. The molecule has 4 rings (SSSR count). The number of halogens is 1. The molecule has 2 heterocycles. The molecule has 1 aliphatic carbocycles.